The molecule has 0 radical (unpaired) electrons. The number of amides is 2. The van der Waals surface area contributed by atoms with E-state index in [2.05, 4.69) is 50.4 Å². The number of aliphatic hydroxyl groups excluding tert-OH is 1. The van der Waals surface area contributed by atoms with E-state index in [1.54, 1.807) is 9.96 Å². The fourth-order valence-corrected chi connectivity index (χ4v) is 12.9. The summed E-state index contributed by atoms with van der Waals surface area (Å²) in [4.78, 5) is 52.5. The highest BCUT2D eigenvalue weighted by atomic mass is 16.8. The van der Waals surface area contributed by atoms with E-state index in [-0.39, 0.29) is 43.5 Å². The van der Waals surface area contributed by atoms with Crippen molar-refractivity contribution in [3.8, 4) is 0 Å². The van der Waals surface area contributed by atoms with Crippen molar-refractivity contribution in [1.82, 2.24) is 15.3 Å². The number of aliphatic hydroxyl groups is 1. The Labute approximate surface area is 369 Å². The Bertz CT molecular complexity index is 2260. The number of hydrogen-bond acceptors (Lipinski definition) is 10. The molecule has 5 heterocycles. The Balaban J connectivity index is 0.954. The molecule has 5 aliphatic heterocycles. The summed E-state index contributed by atoms with van der Waals surface area (Å²) in [6.07, 6.45) is 6.09. The number of allylic oxidation sites excluding steroid dienone is 1. The number of benzene rings is 3. The van der Waals surface area contributed by atoms with Crippen LogP contribution in [-0.2, 0) is 50.5 Å². The van der Waals surface area contributed by atoms with E-state index in [4.69, 9.17) is 23.8 Å². The minimum Gasteiger partial charge on any atom is -0.458 e. The maximum Gasteiger partial charge on any atom is 0.327 e. The number of rotatable bonds is 9. The van der Waals surface area contributed by atoms with E-state index in [0.717, 1.165) is 41.5 Å². The van der Waals surface area contributed by atoms with Crippen molar-refractivity contribution >= 4 is 23.9 Å². The van der Waals surface area contributed by atoms with Gasteiger partial charge in [-0.05, 0) is 80.2 Å². The van der Waals surface area contributed by atoms with E-state index < -0.39 is 53.7 Å². The van der Waals surface area contributed by atoms with Gasteiger partial charge >= 0.3 is 5.97 Å². The standard InChI is InChI=1S/C51H59N3O9/c1-48(2)28-36-33(19-20-40-49(3,60-40)22-21-37(36)48)27-31-12-10-13-32(26-31)30-54-43-46(57)59-39-29-50(43,47(58)53-24-11-18-38(53)45(56)52-23-25-55)44(63-54)42-41(39)61-51(62-42,34-14-6-4-7-15-34)35-16-8-5-9-17-35/h4-10,12-17,26-27,36-44,55H,11,18-25,28-30H2,1-3H3,(H,52,56)/t36-,37-,38-,39+,40?,41+,42+,43+,44-,49-,50+/m1/s1. The average molecular weight is 858 g/mol. The molecule has 63 heavy (non-hydrogen) atoms. The summed E-state index contributed by atoms with van der Waals surface area (Å²) in [7, 11) is 0. The van der Waals surface area contributed by atoms with Crippen molar-refractivity contribution in [1.29, 1.82) is 0 Å². The topological polar surface area (TPSA) is 139 Å². The molecule has 3 aromatic carbocycles. The molecule has 2 N–H and O–H groups in total. The van der Waals surface area contributed by atoms with Crippen LogP contribution in [0.3, 0.4) is 0 Å². The van der Waals surface area contributed by atoms with Gasteiger partial charge in [0.05, 0.1) is 24.9 Å². The lowest BCUT2D eigenvalue weighted by Crippen LogP contribution is -2.70. The Morgan fingerprint density at radius 1 is 0.889 bits per heavy atom. The van der Waals surface area contributed by atoms with Gasteiger partial charge in [0, 0.05) is 30.6 Å². The summed E-state index contributed by atoms with van der Waals surface area (Å²) in [5.41, 5.74) is 3.90. The van der Waals surface area contributed by atoms with Crippen molar-refractivity contribution in [2.75, 3.05) is 19.7 Å². The molecule has 8 fully saturated rings. The number of likely N-dealkylation sites (tertiary alicyclic amines) is 1. The summed E-state index contributed by atoms with van der Waals surface area (Å²) in [5, 5.41) is 13.9. The van der Waals surface area contributed by atoms with E-state index in [0.29, 0.717) is 42.7 Å². The largest absolute Gasteiger partial charge is 0.458 e. The van der Waals surface area contributed by atoms with Crippen molar-refractivity contribution in [3.63, 3.8) is 0 Å². The van der Waals surface area contributed by atoms with Crippen LogP contribution in [0.4, 0.5) is 0 Å². The van der Waals surface area contributed by atoms with Crippen LogP contribution in [0.1, 0.15) is 94.4 Å². The van der Waals surface area contributed by atoms with Crippen molar-refractivity contribution in [2.45, 2.75) is 133 Å². The minimum absolute atomic E-state index is 0.0137. The van der Waals surface area contributed by atoms with E-state index in [1.807, 2.05) is 66.7 Å². The summed E-state index contributed by atoms with van der Waals surface area (Å²) in [5.74, 6) is -1.42. The second kappa shape index (κ2) is 15.3. The van der Waals surface area contributed by atoms with Gasteiger partial charge in [-0.15, -0.1) is 0 Å². The molecule has 3 aromatic rings. The first-order valence-electron chi connectivity index (χ1n) is 23.2. The molecule has 8 aliphatic rings. The van der Waals surface area contributed by atoms with Gasteiger partial charge in [0.2, 0.25) is 17.6 Å². The normalized spacial score (nSPS) is 37.7. The zero-order chi connectivity index (χ0) is 43.3. The lowest BCUT2D eigenvalue weighted by Gasteiger charge is -2.53. The molecule has 2 bridgehead atoms. The van der Waals surface area contributed by atoms with Gasteiger partial charge in [-0.3, -0.25) is 19.2 Å². The highest BCUT2D eigenvalue weighted by Gasteiger charge is 2.77. The number of hydroxylamine groups is 2. The molecule has 332 valence electrons. The first-order valence-corrected chi connectivity index (χ1v) is 23.2. The molecule has 11 atom stereocenters. The number of carbonyl (C=O) groups is 3. The Morgan fingerprint density at radius 2 is 1.63 bits per heavy atom. The number of epoxide rings is 1. The average Bonchev–Trinajstić information content (AvgIpc) is 3.69. The van der Waals surface area contributed by atoms with Crippen molar-refractivity contribution in [3.05, 3.63) is 113 Å². The summed E-state index contributed by atoms with van der Waals surface area (Å²) < 4.78 is 26.9. The van der Waals surface area contributed by atoms with Crippen LogP contribution >= 0.6 is 0 Å². The van der Waals surface area contributed by atoms with E-state index >= 15 is 4.79 Å². The van der Waals surface area contributed by atoms with E-state index in [1.165, 1.54) is 18.4 Å². The van der Waals surface area contributed by atoms with Gasteiger partial charge in [-0.25, -0.2) is 0 Å². The number of carbonyl (C=O) groups excluding carboxylic acids is 3. The van der Waals surface area contributed by atoms with Gasteiger partial charge in [-0.1, -0.05) is 110 Å². The van der Waals surface area contributed by atoms with Crippen LogP contribution in [0.15, 0.2) is 90.5 Å². The molecule has 1 unspecified atom stereocenters. The molecular weight excluding hydrogens is 799 g/mol. The molecular formula is C51H59N3O9. The molecule has 11 rings (SSSR count). The van der Waals surface area contributed by atoms with Crippen LogP contribution in [0.5, 0.6) is 0 Å². The third kappa shape index (κ3) is 6.64. The Kier molecular flexibility index (Phi) is 10.1. The van der Waals surface area contributed by atoms with Gasteiger partial charge in [-0.2, -0.15) is 5.06 Å². The fraction of sp³-hybridized carbons (Fsp3) is 0.549. The van der Waals surface area contributed by atoms with Gasteiger partial charge in [0.15, 0.2) is 6.04 Å². The predicted molar refractivity (Wildman–Crippen MR) is 231 cm³/mol. The highest BCUT2D eigenvalue weighted by Crippen LogP contribution is 2.61. The monoisotopic (exact) mass is 857 g/mol. The fourth-order valence-electron chi connectivity index (χ4n) is 12.9. The summed E-state index contributed by atoms with van der Waals surface area (Å²) in [6.45, 7) is 7.52. The predicted octanol–water partition coefficient (Wildman–Crippen LogP) is 6.05. The lowest BCUT2D eigenvalue weighted by atomic mass is 9.52. The summed E-state index contributed by atoms with van der Waals surface area (Å²) >= 11 is 0. The van der Waals surface area contributed by atoms with Crippen LogP contribution in [0.2, 0.25) is 0 Å². The molecule has 0 aromatic heterocycles. The molecule has 3 saturated carbocycles. The maximum absolute atomic E-state index is 15.6. The molecule has 2 amide bonds. The molecule has 12 nitrogen and oxygen atoms in total. The first kappa shape index (κ1) is 41.3. The van der Waals surface area contributed by atoms with Crippen LogP contribution < -0.4 is 5.32 Å². The molecule has 3 aliphatic carbocycles. The maximum atomic E-state index is 15.6. The third-order valence-electron chi connectivity index (χ3n) is 16.1. The lowest BCUT2D eigenvalue weighted by molar-refractivity contribution is -0.214. The highest BCUT2D eigenvalue weighted by molar-refractivity contribution is 5.96. The Morgan fingerprint density at radius 3 is 2.37 bits per heavy atom. The number of esters is 1. The zero-order valence-corrected chi connectivity index (χ0v) is 36.4. The Hall–Kier alpha value is -4.43. The van der Waals surface area contributed by atoms with E-state index in [9.17, 15) is 14.7 Å². The molecule has 5 saturated heterocycles. The van der Waals surface area contributed by atoms with Crippen LogP contribution in [0, 0.1) is 22.7 Å². The number of fused-ring (bicyclic) bond motifs is 6. The third-order valence-corrected chi connectivity index (χ3v) is 16.1. The smallest absolute Gasteiger partial charge is 0.327 e. The second-order valence-corrected chi connectivity index (χ2v) is 20.3. The molecule has 0 spiro atoms. The summed E-state index contributed by atoms with van der Waals surface area (Å²) in [6, 6.07) is 26.0. The van der Waals surface area contributed by atoms with Gasteiger partial charge < -0.3 is 34.3 Å². The zero-order valence-electron chi connectivity index (χ0n) is 36.4. The quantitative estimate of drug-likeness (QED) is 0.193. The number of nitrogens with zero attached hydrogens (tertiary/aromatic N) is 2. The molecule has 12 heteroatoms. The van der Waals surface area contributed by atoms with Crippen molar-refractivity contribution in [2.24, 2.45) is 22.7 Å². The second-order valence-electron chi connectivity index (χ2n) is 20.3. The van der Waals surface area contributed by atoms with Gasteiger partial charge in [0.1, 0.15) is 35.9 Å². The SMILES string of the molecule is CC1(C)C[C@@H]2C(=Cc3cccc(CN4O[C@@H]5[C@H]6OC(c7ccccc7)(c7ccccc7)O[C@H]6[C@@H]6C[C@]5(C(=O)N5CCC[C@@H]5C(=O)NCCO)[C@@H]4C(=O)O6)c3)CCC3O[C@]3(C)CC[C@H]21. The van der Waals surface area contributed by atoms with Crippen molar-refractivity contribution < 1.29 is 43.3 Å². The minimum atomic E-state index is -1.45. The van der Waals surface area contributed by atoms with Gasteiger partial charge in [0.25, 0.3) is 0 Å². The number of hydrogen-bond donors (Lipinski definition) is 2. The number of nitrogens with one attached hydrogen (secondary N) is 1. The van der Waals surface area contributed by atoms with Crippen LogP contribution in [0.25, 0.3) is 6.08 Å². The first-order chi connectivity index (χ1) is 30.4. The van der Waals surface area contributed by atoms with Crippen LogP contribution in [-0.4, -0.2) is 101 Å². The number of ether oxygens (including phenoxy) is 4.